The molecule has 2 unspecified atom stereocenters. The lowest BCUT2D eigenvalue weighted by atomic mass is 9.95. The first-order chi connectivity index (χ1) is 8.90. The van der Waals surface area contributed by atoms with Crippen LogP contribution in [0.25, 0.3) is 0 Å². The van der Waals surface area contributed by atoms with Crippen molar-refractivity contribution in [2.24, 2.45) is 5.73 Å². The van der Waals surface area contributed by atoms with E-state index in [-0.39, 0.29) is 11.9 Å². The van der Waals surface area contributed by atoms with Gasteiger partial charge in [0.1, 0.15) is 0 Å². The highest BCUT2D eigenvalue weighted by atomic mass is 16.2. The highest BCUT2D eigenvalue weighted by molar-refractivity contribution is 5.85. The molecule has 1 rings (SSSR count). The minimum Gasteiger partial charge on any atom is -0.348 e. The molecule has 0 spiro atoms. The summed E-state index contributed by atoms with van der Waals surface area (Å²) in [6.07, 6.45) is 2.46. The summed E-state index contributed by atoms with van der Waals surface area (Å²) < 4.78 is 0. The number of hydrogen-bond donors (Lipinski definition) is 2. The van der Waals surface area contributed by atoms with Crippen LogP contribution in [0.1, 0.15) is 57.2 Å². The van der Waals surface area contributed by atoms with Crippen LogP contribution in [-0.2, 0) is 4.79 Å². The molecule has 0 bridgehead atoms. The van der Waals surface area contributed by atoms with Gasteiger partial charge in [0.25, 0.3) is 0 Å². The zero-order chi connectivity index (χ0) is 14.5. The van der Waals surface area contributed by atoms with Gasteiger partial charge in [-0.3, -0.25) is 4.79 Å². The van der Waals surface area contributed by atoms with E-state index in [9.17, 15) is 4.79 Å². The van der Waals surface area contributed by atoms with Crippen LogP contribution in [0.2, 0.25) is 0 Å². The molecule has 1 amide bonds. The van der Waals surface area contributed by atoms with Crippen molar-refractivity contribution in [3.8, 4) is 0 Å². The van der Waals surface area contributed by atoms with Crippen molar-refractivity contribution in [3.05, 3.63) is 35.4 Å². The predicted molar refractivity (Wildman–Crippen MR) is 79.9 cm³/mol. The Kier molecular flexibility index (Phi) is 5.55. The summed E-state index contributed by atoms with van der Waals surface area (Å²) >= 11 is 0. The molecule has 0 fully saturated rings. The van der Waals surface area contributed by atoms with Gasteiger partial charge in [0.2, 0.25) is 5.91 Å². The lowest BCUT2D eigenvalue weighted by Crippen LogP contribution is -2.52. The van der Waals surface area contributed by atoms with Crippen molar-refractivity contribution in [2.75, 3.05) is 0 Å². The number of aryl methyl sites for hydroxylation is 1. The van der Waals surface area contributed by atoms with E-state index in [1.54, 1.807) is 6.92 Å². The van der Waals surface area contributed by atoms with Gasteiger partial charge in [-0.25, -0.2) is 0 Å². The van der Waals surface area contributed by atoms with Gasteiger partial charge >= 0.3 is 0 Å². The number of nitrogens with one attached hydrogen (secondary N) is 1. The number of hydrogen-bond acceptors (Lipinski definition) is 2. The first kappa shape index (κ1) is 15.7. The van der Waals surface area contributed by atoms with E-state index in [4.69, 9.17) is 5.73 Å². The van der Waals surface area contributed by atoms with Gasteiger partial charge in [-0.05, 0) is 32.3 Å². The van der Waals surface area contributed by atoms with E-state index in [1.807, 2.05) is 6.92 Å². The third-order valence-corrected chi connectivity index (χ3v) is 3.48. The summed E-state index contributed by atoms with van der Waals surface area (Å²) in [5.41, 5.74) is 7.63. The average Bonchev–Trinajstić information content (AvgIpc) is 2.36. The molecule has 0 heterocycles. The summed E-state index contributed by atoms with van der Waals surface area (Å²) in [6, 6.07) is 8.30. The quantitative estimate of drug-likeness (QED) is 0.827. The van der Waals surface area contributed by atoms with Crippen molar-refractivity contribution in [1.29, 1.82) is 0 Å². The number of benzene rings is 1. The zero-order valence-corrected chi connectivity index (χ0v) is 12.5. The molecule has 0 aliphatic rings. The van der Waals surface area contributed by atoms with Gasteiger partial charge in [-0.2, -0.15) is 0 Å². The van der Waals surface area contributed by atoms with Gasteiger partial charge < -0.3 is 11.1 Å². The van der Waals surface area contributed by atoms with Gasteiger partial charge in [0.05, 0.1) is 11.6 Å². The molecule has 1 aromatic rings. The molecular weight excluding hydrogens is 236 g/mol. The number of nitrogens with two attached hydrogens (primary N) is 1. The van der Waals surface area contributed by atoms with E-state index in [0.717, 1.165) is 18.4 Å². The first-order valence-corrected chi connectivity index (χ1v) is 7.07. The Labute approximate surface area is 116 Å². The van der Waals surface area contributed by atoms with Gasteiger partial charge in [-0.15, -0.1) is 0 Å². The summed E-state index contributed by atoms with van der Waals surface area (Å²) in [7, 11) is 0. The highest BCUT2D eigenvalue weighted by Crippen LogP contribution is 2.19. The maximum absolute atomic E-state index is 12.2. The molecule has 1 aromatic carbocycles. The van der Waals surface area contributed by atoms with E-state index in [0.29, 0.717) is 6.42 Å². The number of amides is 1. The maximum atomic E-state index is 12.2. The minimum atomic E-state index is -0.785. The van der Waals surface area contributed by atoms with Crippen LogP contribution in [0, 0.1) is 6.92 Å². The summed E-state index contributed by atoms with van der Waals surface area (Å²) in [5.74, 6) is -0.0678. The molecule has 0 aliphatic carbocycles. The summed E-state index contributed by atoms with van der Waals surface area (Å²) in [5, 5.41) is 3.06. The topological polar surface area (TPSA) is 55.1 Å². The largest absolute Gasteiger partial charge is 0.348 e. The van der Waals surface area contributed by atoms with E-state index in [2.05, 4.69) is 43.4 Å². The fraction of sp³-hybridized carbons (Fsp3) is 0.562. The number of rotatable bonds is 6. The lowest BCUT2D eigenvalue weighted by molar-refractivity contribution is -0.126. The van der Waals surface area contributed by atoms with Crippen LogP contribution >= 0.6 is 0 Å². The Morgan fingerprint density at radius 3 is 2.37 bits per heavy atom. The fourth-order valence-corrected chi connectivity index (χ4v) is 2.18. The molecule has 0 aliphatic heterocycles. The van der Waals surface area contributed by atoms with Gasteiger partial charge in [-0.1, -0.05) is 50.1 Å². The number of carbonyl (C=O) groups excluding carboxylic acids is 1. The van der Waals surface area contributed by atoms with E-state index < -0.39 is 5.54 Å². The molecule has 0 aromatic heterocycles. The minimum absolute atomic E-state index is 0.0350. The maximum Gasteiger partial charge on any atom is 0.240 e. The molecule has 3 N–H and O–H groups in total. The molecule has 3 heteroatoms. The Morgan fingerprint density at radius 1 is 1.32 bits per heavy atom. The van der Waals surface area contributed by atoms with Crippen molar-refractivity contribution < 1.29 is 4.79 Å². The third kappa shape index (κ3) is 4.35. The third-order valence-electron chi connectivity index (χ3n) is 3.48. The Balaban J connectivity index is 2.77. The van der Waals surface area contributed by atoms with Crippen molar-refractivity contribution in [1.82, 2.24) is 5.32 Å². The lowest BCUT2D eigenvalue weighted by Gasteiger charge is -2.27. The molecule has 0 saturated heterocycles. The Hall–Kier alpha value is -1.35. The van der Waals surface area contributed by atoms with Crippen LogP contribution < -0.4 is 11.1 Å². The second-order valence-electron chi connectivity index (χ2n) is 5.51. The van der Waals surface area contributed by atoms with Crippen molar-refractivity contribution >= 4 is 5.91 Å². The smallest absolute Gasteiger partial charge is 0.240 e. The Morgan fingerprint density at radius 2 is 1.89 bits per heavy atom. The summed E-state index contributed by atoms with van der Waals surface area (Å²) in [6.45, 7) is 7.96. The average molecular weight is 262 g/mol. The molecule has 0 radical (unpaired) electrons. The molecule has 0 saturated carbocycles. The van der Waals surface area contributed by atoms with Crippen molar-refractivity contribution in [2.45, 2.75) is 58.5 Å². The normalized spacial score (nSPS) is 15.6. The first-order valence-electron chi connectivity index (χ1n) is 7.07. The second kappa shape index (κ2) is 6.71. The monoisotopic (exact) mass is 262 g/mol. The molecular formula is C16H26N2O. The van der Waals surface area contributed by atoms with Gasteiger partial charge in [0.15, 0.2) is 0 Å². The SMILES string of the molecule is CCCC(C)(N)C(=O)NC(CC)c1ccc(C)cc1. The standard InChI is InChI=1S/C16H26N2O/c1-5-11-16(4,17)15(19)18-14(6-2)13-9-7-12(3)8-10-13/h7-10,14H,5-6,11,17H2,1-4H3,(H,18,19). The molecule has 2 atom stereocenters. The van der Waals surface area contributed by atoms with Crippen LogP contribution in [0.5, 0.6) is 0 Å². The molecule has 19 heavy (non-hydrogen) atoms. The zero-order valence-electron chi connectivity index (χ0n) is 12.5. The Bertz CT molecular complexity index is 409. The van der Waals surface area contributed by atoms with Crippen LogP contribution in [0.3, 0.4) is 0 Å². The molecule has 3 nitrogen and oxygen atoms in total. The molecule has 106 valence electrons. The van der Waals surface area contributed by atoms with Gasteiger partial charge in [0, 0.05) is 0 Å². The van der Waals surface area contributed by atoms with E-state index >= 15 is 0 Å². The van der Waals surface area contributed by atoms with E-state index in [1.165, 1.54) is 5.56 Å². The fourth-order valence-electron chi connectivity index (χ4n) is 2.18. The highest BCUT2D eigenvalue weighted by Gasteiger charge is 2.28. The predicted octanol–water partition coefficient (Wildman–Crippen LogP) is 3.08. The number of carbonyl (C=O) groups is 1. The van der Waals surface area contributed by atoms with Crippen molar-refractivity contribution in [3.63, 3.8) is 0 Å². The summed E-state index contributed by atoms with van der Waals surface area (Å²) in [4.78, 5) is 12.2. The van der Waals surface area contributed by atoms with Crippen LogP contribution in [0.15, 0.2) is 24.3 Å². The van der Waals surface area contributed by atoms with Crippen LogP contribution in [0.4, 0.5) is 0 Å². The van der Waals surface area contributed by atoms with Crippen LogP contribution in [-0.4, -0.2) is 11.4 Å². The second-order valence-corrected chi connectivity index (χ2v) is 5.51.